The monoisotopic (exact) mass is 470 g/mol. The second kappa shape index (κ2) is 10.4. The molecule has 1 amide bonds. The molecule has 34 heavy (non-hydrogen) atoms. The maximum atomic E-state index is 11.7. The van der Waals surface area contributed by atoms with Crippen molar-refractivity contribution in [1.29, 1.82) is 0 Å². The number of amides is 1. The number of benzene rings is 1. The Balaban J connectivity index is 1.62. The van der Waals surface area contributed by atoms with E-state index < -0.39 is 0 Å². The third-order valence-corrected chi connectivity index (χ3v) is 6.00. The van der Waals surface area contributed by atoms with E-state index >= 15 is 0 Å². The van der Waals surface area contributed by atoms with Crippen LogP contribution in [-0.2, 0) is 4.79 Å². The van der Waals surface area contributed by atoms with E-state index in [1.54, 1.807) is 19.1 Å². The minimum atomic E-state index is -0.180. The van der Waals surface area contributed by atoms with Gasteiger partial charge in [-0.3, -0.25) is 4.79 Å². The minimum absolute atomic E-state index is 0.0590. The number of phenolic OH excluding ortho intramolecular Hbond substituents is 1. The summed E-state index contributed by atoms with van der Waals surface area (Å²) in [6.07, 6.45) is 3.00. The molecule has 1 aromatic heterocycles. The van der Waals surface area contributed by atoms with Crippen molar-refractivity contribution in [2.45, 2.75) is 50.7 Å². The Morgan fingerprint density at radius 2 is 1.74 bits per heavy atom. The summed E-state index contributed by atoms with van der Waals surface area (Å²) in [6.45, 7) is 4.41. The number of hydrogen-bond acceptors (Lipinski definition) is 11. The van der Waals surface area contributed by atoms with Crippen molar-refractivity contribution in [3.05, 3.63) is 18.2 Å². The molecular weight excluding hydrogens is 436 g/mol. The van der Waals surface area contributed by atoms with E-state index in [1.165, 1.54) is 6.07 Å². The summed E-state index contributed by atoms with van der Waals surface area (Å²) in [5.41, 5.74) is 19.5. The third-order valence-electron chi connectivity index (χ3n) is 6.00. The molecule has 4 rings (SSSR count). The van der Waals surface area contributed by atoms with E-state index in [9.17, 15) is 9.90 Å². The van der Waals surface area contributed by atoms with Gasteiger partial charge in [0.2, 0.25) is 23.8 Å². The molecule has 12 heteroatoms. The fourth-order valence-corrected chi connectivity index (χ4v) is 4.31. The molecule has 12 nitrogen and oxygen atoms in total. The number of anilines is 5. The molecule has 3 heterocycles. The summed E-state index contributed by atoms with van der Waals surface area (Å²) in [6, 6.07) is 4.80. The standard InChI is InChI=1S/C22H34N10O2/c1-2-19(34)27-17-6-5-16(9-18(17)33)26-20-28-21(31-7-3-4-13(23)10-31)30-22(29-20)32-11-14(24)8-15(25)12-32/h5-6,9,13-15,33H,2-4,7-8,10-12,23-25H2,1H3,(H,27,34)(H,26,28,29,30)/t13-,14?,15?/m0/s1. The number of aromatic nitrogens is 3. The molecule has 9 N–H and O–H groups in total. The van der Waals surface area contributed by atoms with Gasteiger partial charge in [0.1, 0.15) is 5.75 Å². The second-order valence-corrected chi connectivity index (χ2v) is 9.03. The van der Waals surface area contributed by atoms with Gasteiger partial charge in [0, 0.05) is 62.5 Å². The van der Waals surface area contributed by atoms with Gasteiger partial charge in [0.25, 0.3) is 0 Å². The molecule has 0 bridgehead atoms. The van der Waals surface area contributed by atoms with Crippen molar-refractivity contribution in [3.63, 3.8) is 0 Å². The topological polar surface area (TPSA) is 185 Å². The zero-order valence-corrected chi connectivity index (χ0v) is 19.4. The number of phenols is 1. The largest absolute Gasteiger partial charge is 0.506 e. The average molecular weight is 471 g/mol. The number of nitrogens with two attached hydrogens (primary N) is 3. The molecule has 0 radical (unpaired) electrons. The number of nitrogens with zero attached hydrogens (tertiary/aromatic N) is 5. The Hall–Kier alpha value is -3.22. The molecule has 1 aromatic carbocycles. The lowest BCUT2D eigenvalue weighted by Gasteiger charge is -2.35. The first kappa shape index (κ1) is 23.9. The van der Waals surface area contributed by atoms with Crippen LogP contribution in [0.25, 0.3) is 0 Å². The molecule has 0 aliphatic carbocycles. The molecule has 2 aliphatic rings. The normalized spacial score (nSPS) is 23.0. The van der Waals surface area contributed by atoms with Gasteiger partial charge in [-0.25, -0.2) is 0 Å². The molecular formula is C22H34N10O2. The summed E-state index contributed by atoms with van der Waals surface area (Å²) >= 11 is 0. The van der Waals surface area contributed by atoms with E-state index in [2.05, 4.69) is 25.5 Å². The van der Waals surface area contributed by atoms with Crippen molar-refractivity contribution in [2.24, 2.45) is 17.2 Å². The fraction of sp³-hybridized carbons (Fsp3) is 0.545. The van der Waals surface area contributed by atoms with Gasteiger partial charge < -0.3 is 42.7 Å². The number of piperidine rings is 2. The zero-order valence-electron chi connectivity index (χ0n) is 19.4. The Bertz CT molecular complexity index is 1010. The predicted molar refractivity (Wildman–Crippen MR) is 132 cm³/mol. The van der Waals surface area contributed by atoms with Crippen LogP contribution < -0.4 is 37.6 Å². The van der Waals surface area contributed by atoms with Gasteiger partial charge in [0.15, 0.2) is 0 Å². The van der Waals surface area contributed by atoms with E-state index in [0.29, 0.717) is 55.3 Å². The summed E-state index contributed by atoms with van der Waals surface area (Å²) in [5.74, 6) is 1.12. The van der Waals surface area contributed by atoms with Gasteiger partial charge in [-0.1, -0.05) is 6.92 Å². The first-order valence-corrected chi connectivity index (χ1v) is 11.7. The smallest absolute Gasteiger partial charge is 0.233 e. The lowest BCUT2D eigenvalue weighted by Crippen LogP contribution is -2.53. The van der Waals surface area contributed by atoms with Crippen molar-refractivity contribution in [2.75, 3.05) is 46.6 Å². The van der Waals surface area contributed by atoms with Crippen LogP contribution in [0.15, 0.2) is 18.2 Å². The highest BCUT2D eigenvalue weighted by atomic mass is 16.3. The molecule has 2 fully saturated rings. The maximum absolute atomic E-state index is 11.7. The lowest BCUT2D eigenvalue weighted by molar-refractivity contribution is -0.115. The van der Waals surface area contributed by atoms with Crippen molar-refractivity contribution in [3.8, 4) is 5.75 Å². The molecule has 0 spiro atoms. The number of hydrogen-bond donors (Lipinski definition) is 6. The van der Waals surface area contributed by atoms with E-state index in [4.69, 9.17) is 22.2 Å². The van der Waals surface area contributed by atoms with Crippen molar-refractivity contribution in [1.82, 2.24) is 15.0 Å². The molecule has 2 unspecified atom stereocenters. The maximum Gasteiger partial charge on any atom is 0.233 e. The molecule has 184 valence electrons. The Labute approximate surface area is 198 Å². The van der Waals surface area contributed by atoms with Crippen LogP contribution in [0.3, 0.4) is 0 Å². The minimum Gasteiger partial charge on any atom is -0.506 e. The Morgan fingerprint density at radius 1 is 1.06 bits per heavy atom. The quantitative estimate of drug-likeness (QED) is 0.322. The van der Waals surface area contributed by atoms with E-state index in [1.807, 2.05) is 4.90 Å². The Kier molecular flexibility index (Phi) is 7.29. The van der Waals surface area contributed by atoms with Gasteiger partial charge in [0.05, 0.1) is 5.69 Å². The van der Waals surface area contributed by atoms with Crippen LogP contribution in [0.2, 0.25) is 0 Å². The summed E-state index contributed by atoms with van der Waals surface area (Å²) in [7, 11) is 0. The van der Waals surface area contributed by atoms with Crippen LogP contribution >= 0.6 is 0 Å². The highest BCUT2D eigenvalue weighted by Gasteiger charge is 2.27. The first-order valence-electron chi connectivity index (χ1n) is 11.7. The highest BCUT2D eigenvalue weighted by molar-refractivity contribution is 5.92. The number of nitrogens with one attached hydrogen (secondary N) is 2. The summed E-state index contributed by atoms with van der Waals surface area (Å²) < 4.78 is 0. The number of carbonyl (C=O) groups excluding carboxylic acids is 1. The van der Waals surface area contributed by atoms with Crippen LogP contribution in [0.5, 0.6) is 5.75 Å². The van der Waals surface area contributed by atoms with Crippen molar-refractivity contribution >= 4 is 35.1 Å². The van der Waals surface area contributed by atoms with Crippen LogP contribution in [0.1, 0.15) is 32.6 Å². The SMILES string of the molecule is CCC(=O)Nc1ccc(Nc2nc(N3CC(N)CC(N)C3)nc(N3CCC[C@H](N)C3)n2)cc1O. The molecule has 2 aromatic rings. The van der Waals surface area contributed by atoms with Gasteiger partial charge in [-0.2, -0.15) is 15.0 Å². The Morgan fingerprint density at radius 3 is 2.38 bits per heavy atom. The molecule has 0 saturated carbocycles. The zero-order chi connectivity index (χ0) is 24.2. The summed E-state index contributed by atoms with van der Waals surface area (Å²) in [4.78, 5) is 29.7. The molecule has 2 aliphatic heterocycles. The second-order valence-electron chi connectivity index (χ2n) is 9.03. The predicted octanol–water partition coefficient (Wildman–Crippen LogP) is 0.462. The van der Waals surface area contributed by atoms with Crippen LogP contribution in [0.4, 0.5) is 29.2 Å². The first-order chi connectivity index (χ1) is 16.3. The van der Waals surface area contributed by atoms with E-state index in [-0.39, 0.29) is 29.8 Å². The third kappa shape index (κ3) is 5.82. The van der Waals surface area contributed by atoms with Crippen LogP contribution in [0, 0.1) is 0 Å². The van der Waals surface area contributed by atoms with Crippen LogP contribution in [-0.4, -0.2) is 70.3 Å². The average Bonchev–Trinajstić information content (AvgIpc) is 2.80. The van der Waals surface area contributed by atoms with E-state index in [0.717, 1.165) is 25.8 Å². The number of rotatable bonds is 6. The lowest BCUT2D eigenvalue weighted by atomic mass is 10.0. The van der Waals surface area contributed by atoms with Gasteiger partial charge >= 0.3 is 0 Å². The number of aromatic hydroxyl groups is 1. The highest BCUT2D eigenvalue weighted by Crippen LogP contribution is 2.29. The van der Waals surface area contributed by atoms with Gasteiger partial charge in [-0.05, 0) is 31.4 Å². The van der Waals surface area contributed by atoms with Gasteiger partial charge in [-0.15, -0.1) is 0 Å². The number of carbonyl (C=O) groups is 1. The fourth-order valence-electron chi connectivity index (χ4n) is 4.31. The summed E-state index contributed by atoms with van der Waals surface area (Å²) in [5, 5.41) is 16.2. The molecule has 2 saturated heterocycles. The van der Waals surface area contributed by atoms with Crippen molar-refractivity contribution < 1.29 is 9.90 Å². The molecule has 3 atom stereocenters.